The molecule has 0 aliphatic carbocycles. The summed E-state index contributed by atoms with van der Waals surface area (Å²) < 4.78 is 6.39. The number of pyridine rings is 2. The third kappa shape index (κ3) is 3.57. The molecule has 2 aromatic rings. The van der Waals surface area contributed by atoms with E-state index < -0.39 is 29.9 Å². The first-order chi connectivity index (χ1) is 11.3. The van der Waals surface area contributed by atoms with Gasteiger partial charge in [0.2, 0.25) is 5.43 Å². The van der Waals surface area contributed by atoms with Crippen LogP contribution < -0.4 is 16.5 Å². The van der Waals surface area contributed by atoms with Gasteiger partial charge in [-0.15, -0.1) is 0 Å². The fourth-order valence-electron chi connectivity index (χ4n) is 2.13. The van der Waals surface area contributed by atoms with Crippen LogP contribution in [-0.2, 0) is 16.1 Å². The molecule has 2 aromatic heterocycles. The second kappa shape index (κ2) is 6.90. The normalized spacial score (nSPS) is 10.4. The number of rotatable bonds is 4. The van der Waals surface area contributed by atoms with Crippen molar-refractivity contribution >= 4 is 28.9 Å². The summed E-state index contributed by atoms with van der Waals surface area (Å²) in [6.45, 7) is 3.39. The van der Waals surface area contributed by atoms with Crippen LogP contribution in [-0.4, -0.2) is 34.1 Å². The third-order valence-electron chi connectivity index (χ3n) is 3.22. The van der Waals surface area contributed by atoms with Gasteiger partial charge in [0.1, 0.15) is 11.2 Å². The molecule has 9 heteroatoms. The number of fused-ring (bicyclic) bond motifs is 1. The Kier molecular flexibility index (Phi) is 4.93. The first kappa shape index (κ1) is 17.1. The molecular weight excluding hydrogens is 316 g/mol. The Morgan fingerprint density at radius 3 is 2.67 bits per heavy atom. The van der Waals surface area contributed by atoms with Gasteiger partial charge in [0.15, 0.2) is 6.61 Å². The summed E-state index contributed by atoms with van der Waals surface area (Å²) in [4.78, 5) is 50.6. The van der Waals surface area contributed by atoms with Gasteiger partial charge in [-0.05, 0) is 26.0 Å². The van der Waals surface area contributed by atoms with Gasteiger partial charge in [0, 0.05) is 18.4 Å². The summed E-state index contributed by atoms with van der Waals surface area (Å²) in [5.74, 6) is -1.85. The lowest BCUT2D eigenvalue weighted by Gasteiger charge is -2.11. The van der Waals surface area contributed by atoms with Crippen LogP contribution in [0.15, 0.2) is 23.1 Å². The number of carbonyl (C=O) groups is 3. The molecular formula is C15H16N4O5. The van der Waals surface area contributed by atoms with Crippen LogP contribution in [0.3, 0.4) is 0 Å². The molecule has 0 radical (unpaired) electrons. The van der Waals surface area contributed by atoms with Gasteiger partial charge in [-0.1, -0.05) is 0 Å². The number of imide groups is 1. The molecule has 0 atom stereocenters. The number of nitrogens with zero attached hydrogens (tertiary/aromatic N) is 2. The number of nitrogens with two attached hydrogens (primary N) is 1. The molecule has 0 fully saturated rings. The molecule has 0 saturated heterocycles. The summed E-state index contributed by atoms with van der Waals surface area (Å²) in [7, 11) is 0. The Hall–Kier alpha value is -3.23. The van der Waals surface area contributed by atoms with Crippen LogP contribution in [0.5, 0.6) is 0 Å². The second-order valence-corrected chi connectivity index (χ2v) is 4.97. The van der Waals surface area contributed by atoms with Crippen molar-refractivity contribution in [3.63, 3.8) is 0 Å². The molecule has 24 heavy (non-hydrogen) atoms. The van der Waals surface area contributed by atoms with E-state index in [1.807, 2.05) is 6.92 Å². The van der Waals surface area contributed by atoms with Crippen molar-refractivity contribution in [3.8, 4) is 0 Å². The van der Waals surface area contributed by atoms with E-state index in [0.29, 0.717) is 12.2 Å². The highest BCUT2D eigenvalue weighted by atomic mass is 16.5. The van der Waals surface area contributed by atoms with Gasteiger partial charge in [0.25, 0.3) is 5.91 Å². The number of ether oxygens (including phenoxy) is 1. The van der Waals surface area contributed by atoms with Crippen molar-refractivity contribution in [2.75, 3.05) is 6.61 Å². The molecule has 0 aromatic carbocycles. The minimum absolute atomic E-state index is 0.220. The molecule has 2 rings (SSSR count). The Balaban J connectivity index is 2.35. The van der Waals surface area contributed by atoms with E-state index in [9.17, 15) is 19.2 Å². The Bertz CT molecular complexity index is 887. The maximum atomic E-state index is 12.4. The van der Waals surface area contributed by atoms with Crippen LogP contribution in [0, 0.1) is 6.92 Å². The maximum Gasteiger partial charge on any atom is 0.344 e. The summed E-state index contributed by atoms with van der Waals surface area (Å²) in [5.41, 5.74) is 5.22. The summed E-state index contributed by atoms with van der Waals surface area (Å²) in [6, 6.07) is 2.19. The molecule has 0 aliphatic heterocycles. The van der Waals surface area contributed by atoms with Crippen LogP contribution in [0.1, 0.15) is 23.0 Å². The first-order valence-electron chi connectivity index (χ1n) is 7.10. The van der Waals surface area contributed by atoms with Crippen molar-refractivity contribution in [1.82, 2.24) is 14.9 Å². The summed E-state index contributed by atoms with van der Waals surface area (Å²) in [6.07, 6.45) is 1.34. The van der Waals surface area contributed by atoms with Crippen LogP contribution >= 0.6 is 0 Å². The lowest BCUT2D eigenvalue weighted by molar-refractivity contribution is -0.123. The van der Waals surface area contributed by atoms with E-state index in [1.54, 1.807) is 28.9 Å². The topological polar surface area (TPSA) is 133 Å². The molecule has 3 N–H and O–H groups in total. The van der Waals surface area contributed by atoms with Crippen molar-refractivity contribution in [2.45, 2.75) is 20.4 Å². The van der Waals surface area contributed by atoms with Gasteiger partial charge in [-0.3, -0.25) is 14.9 Å². The lowest BCUT2D eigenvalue weighted by Crippen LogP contribution is -2.38. The van der Waals surface area contributed by atoms with Crippen molar-refractivity contribution in [3.05, 3.63) is 39.8 Å². The molecule has 0 aliphatic rings. The molecule has 126 valence electrons. The number of carbonyl (C=O) groups excluding carboxylic acids is 3. The largest absolute Gasteiger partial charge is 0.452 e. The quantitative estimate of drug-likeness (QED) is 0.761. The molecule has 0 unspecified atom stereocenters. The number of amides is 3. The van der Waals surface area contributed by atoms with Gasteiger partial charge in [-0.25, -0.2) is 14.6 Å². The zero-order chi connectivity index (χ0) is 17.9. The Morgan fingerprint density at radius 2 is 2.04 bits per heavy atom. The number of aryl methyl sites for hydroxylation is 2. The highest BCUT2D eigenvalue weighted by Crippen LogP contribution is 2.11. The number of hydrogen-bond donors (Lipinski definition) is 2. The number of nitrogens with one attached hydrogen (secondary N) is 1. The van der Waals surface area contributed by atoms with E-state index in [0.717, 1.165) is 5.69 Å². The second-order valence-electron chi connectivity index (χ2n) is 4.97. The number of primary amides is 1. The zero-order valence-corrected chi connectivity index (χ0v) is 13.2. The smallest absolute Gasteiger partial charge is 0.344 e. The van der Waals surface area contributed by atoms with Crippen molar-refractivity contribution < 1.29 is 19.1 Å². The van der Waals surface area contributed by atoms with E-state index >= 15 is 0 Å². The molecule has 3 amide bonds. The Morgan fingerprint density at radius 1 is 1.33 bits per heavy atom. The van der Waals surface area contributed by atoms with Crippen molar-refractivity contribution in [1.29, 1.82) is 0 Å². The highest BCUT2D eigenvalue weighted by molar-refractivity contribution is 5.97. The highest BCUT2D eigenvalue weighted by Gasteiger charge is 2.18. The van der Waals surface area contributed by atoms with E-state index in [2.05, 4.69) is 4.98 Å². The summed E-state index contributed by atoms with van der Waals surface area (Å²) >= 11 is 0. The van der Waals surface area contributed by atoms with Gasteiger partial charge >= 0.3 is 12.0 Å². The molecule has 2 heterocycles. The lowest BCUT2D eigenvalue weighted by atomic mass is 10.2. The molecule has 0 saturated carbocycles. The van der Waals surface area contributed by atoms with E-state index in [-0.39, 0.29) is 10.9 Å². The fourth-order valence-corrected chi connectivity index (χ4v) is 2.13. The minimum atomic E-state index is -1.06. The first-order valence-corrected chi connectivity index (χ1v) is 7.10. The minimum Gasteiger partial charge on any atom is -0.452 e. The number of aromatic nitrogens is 2. The average molecular weight is 332 g/mol. The molecule has 0 bridgehead atoms. The molecule has 9 nitrogen and oxygen atoms in total. The monoisotopic (exact) mass is 332 g/mol. The summed E-state index contributed by atoms with van der Waals surface area (Å²) in [5, 5.41) is 2.03. The standard InChI is InChI=1S/C15H16N4O5/c1-3-19-6-10(14(22)24-7-11(20)18-15(16)23)12(21)9-5-4-8(2)17-13(9)19/h4-6H,3,7H2,1-2H3,(H3,16,18,20,23). The predicted octanol–water partition coefficient (Wildman–Crippen LogP) is 0.0765. The zero-order valence-electron chi connectivity index (χ0n) is 13.2. The van der Waals surface area contributed by atoms with Crippen LogP contribution in [0.2, 0.25) is 0 Å². The van der Waals surface area contributed by atoms with Gasteiger partial charge in [-0.2, -0.15) is 0 Å². The van der Waals surface area contributed by atoms with Gasteiger partial charge in [0.05, 0.1) is 5.39 Å². The Labute approximate surface area is 136 Å². The number of hydrogen-bond acceptors (Lipinski definition) is 6. The maximum absolute atomic E-state index is 12.4. The number of esters is 1. The van der Waals surface area contributed by atoms with E-state index in [1.165, 1.54) is 6.20 Å². The van der Waals surface area contributed by atoms with Crippen LogP contribution in [0.4, 0.5) is 4.79 Å². The molecule has 0 spiro atoms. The third-order valence-corrected chi connectivity index (χ3v) is 3.22. The number of urea groups is 1. The van der Waals surface area contributed by atoms with Crippen LogP contribution in [0.25, 0.3) is 11.0 Å². The fraction of sp³-hybridized carbons (Fsp3) is 0.267. The SMILES string of the molecule is CCn1cc(C(=O)OCC(=O)NC(N)=O)c(=O)c2ccc(C)nc21. The van der Waals surface area contributed by atoms with Crippen molar-refractivity contribution in [2.24, 2.45) is 5.73 Å². The predicted molar refractivity (Wildman–Crippen MR) is 84.4 cm³/mol. The average Bonchev–Trinajstić information content (AvgIpc) is 2.52. The van der Waals surface area contributed by atoms with Gasteiger partial charge < -0.3 is 15.0 Å². The van der Waals surface area contributed by atoms with E-state index in [4.69, 9.17) is 10.5 Å².